The average molecular weight is 389 g/mol. The normalized spacial score (nSPS) is 16.1. The highest BCUT2D eigenvalue weighted by Gasteiger charge is 2.39. The standard InChI is InChI=1S/C21H31N3O4/c1-26-14-21(6-9-22-10-7-21)20(25)23-8-4-5-15-11-17-18(24-15)12-16(27-2)13-19(17)28-3/h11-13,22,24H,4-10,14H2,1-3H3,(H,23,25). The van der Waals surface area contributed by atoms with Gasteiger partial charge in [-0.3, -0.25) is 4.79 Å². The first-order chi connectivity index (χ1) is 13.6. The van der Waals surface area contributed by atoms with Crippen molar-refractivity contribution >= 4 is 16.8 Å². The molecule has 0 spiro atoms. The summed E-state index contributed by atoms with van der Waals surface area (Å²) in [7, 11) is 4.97. The number of fused-ring (bicyclic) bond motifs is 1. The maximum absolute atomic E-state index is 12.8. The maximum Gasteiger partial charge on any atom is 0.228 e. The summed E-state index contributed by atoms with van der Waals surface area (Å²) in [6.45, 7) is 2.84. The second kappa shape index (κ2) is 9.30. The summed E-state index contributed by atoms with van der Waals surface area (Å²) in [6, 6.07) is 5.96. The highest BCUT2D eigenvalue weighted by molar-refractivity contribution is 5.88. The van der Waals surface area contributed by atoms with Gasteiger partial charge in [0.25, 0.3) is 0 Å². The molecule has 1 aliphatic heterocycles. The third-order valence-electron chi connectivity index (χ3n) is 5.56. The third kappa shape index (κ3) is 4.42. The lowest BCUT2D eigenvalue weighted by atomic mass is 9.78. The number of H-pyrrole nitrogens is 1. The Morgan fingerprint density at radius 3 is 2.61 bits per heavy atom. The molecule has 0 radical (unpaired) electrons. The van der Waals surface area contributed by atoms with E-state index in [9.17, 15) is 4.79 Å². The number of carbonyl (C=O) groups is 1. The fraction of sp³-hybridized carbons (Fsp3) is 0.571. The van der Waals surface area contributed by atoms with Gasteiger partial charge in [0.05, 0.1) is 31.8 Å². The fourth-order valence-corrected chi connectivity index (χ4v) is 3.95. The van der Waals surface area contributed by atoms with Crippen LogP contribution in [-0.4, -0.2) is 58.5 Å². The Balaban J connectivity index is 1.56. The first-order valence-corrected chi connectivity index (χ1v) is 9.83. The van der Waals surface area contributed by atoms with Crippen molar-refractivity contribution in [2.75, 3.05) is 47.6 Å². The summed E-state index contributed by atoms with van der Waals surface area (Å²) in [4.78, 5) is 16.2. The molecule has 1 fully saturated rings. The smallest absolute Gasteiger partial charge is 0.228 e. The number of aryl methyl sites for hydroxylation is 1. The number of nitrogens with one attached hydrogen (secondary N) is 3. The summed E-state index contributed by atoms with van der Waals surface area (Å²) in [5.74, 6) is 1.66. The SMILES string of the molecule is COCC1(C(=O)NCCCc2cc3c(OC)cc(OC)cc3[nH]2)CCNCC1. The second-order valence-corrected chi connectivity index (χ2v) is 7.41. The quantitative estimate of drug-likeness (QED) is 0.573. The van der Waals surface area contributed by atoms with Crippen LogP contribution in [0.25, 0.3) is 10.9 Å². The number of aromatic amines is 1. The van der Waals surface area contributed by atoms with E-state index in [0.29, 0.717) is 13.2 Å². The zero-order valence-corrected chi connectivity index (χ0v) is 17.0. The number of carbonyl (C=O) groups excluding carboxylic acids is 1. The van der Waals surface area contributed by atoms with Crippen LogP contribution in [0.15, 0.2) is 18.2 Å². The van der Waals surface area contributed by atoms with Gasteiger partial charge in [-0.2, -0.15) is 0 Å². The molecule has 1 aromatic carbocycles. The third-order valence-corrected chi connectivity index (χ3v) is 5.56. The summed E-state index contributed by atoms with van der Waals surface area (Å²) >= 11 is 0. The molecule has 1 saturated heterocycles. The van der Waals surface area contributed by atoms with E-state index in [2.05, 4.69) is 21.7 Å². The Kier molecular flexibility index (Phi) is 6.80. The van der Waals surface area contributed by atoms with Crippen LogP contribution in [-0.2, 0) is 16.0 Å². The molecule has 0 aliphatic carbocycles. The zero-order valence-electron chi connectivity index (χ0n) is 17.0. The summed E-state index contributed by atoms with van der Waals surface area (Å²) in [5, 5.41) is 7.47. The molecule has 0 unspecified atom stereocenters. The number of benzene rings is 1. The van der Waals surface area contributed by atoms with Crippen molar-refractivity contribution in [3.63, 3.8) is 0 Å². The molecular weight excluding hydrogens is 358 g/mol. The summed E-state index contributed by atoms with van der Waals surface area (Å²) in [5.41, 5.74) is 1.71. The molecule has 2 aromatic rings. The van der Waals surface area contributed by atoms with Gasteiger partial charge in [-0.15, -0.1) is 0 Å². The Morgan fingerprint density at radius 2 is 1.93 bits per heavy atom. The number of hydrogen-bond acceptors (Lipinski definition) is 5. The topological polar surface area (TPSA) is 84.6 Å². The van der Waals surface area contributed by atoms with Gasteiger partial charge >= 0.3 is 0 Å². The lowest BCUT2D eigenvalue weighted by Crippen LogP contribution is -2.50. The van der Waals surface area contributed by atoms with E-state index in [0.717, 1.165) is 66.9 Å². The lowest BCUT2D eigenvalue weighted by molar-refractivity contribution is -0.136. The van der Waals surface area contributed by atoms with Gasteiger partial charge in [0.2, 0.25) is 5.91 Å². The number of aromatic nitrogens is 1. The molecule has 1 aliphatic rings. The number of rotatable bonds is 9. The van der Waals surface area contributed by atoms with Crippen molar-refractivity contribution in [1.82, 2.24) is 15.6 Å². The van der Waals surface area contributed by atoms with E-state index in [4.69, 9.17) is 14.2 Å². The zero-order chi connectivity index (χ0) is 20.0. The molecule has 1 aromatic heterocycles. The molecule has 3 rings (SSSR count). The van der Waals surface area contributed by atoms with Gasteiger partial charge in [0, 0.05) is 36.9 Å². The first kappa shape index (κ1) is 20.5. The molecule has 2 heterocycles. The highest BCUT2D eigenvalue weighted by Crippen LogP contribution is 2.32. The van der Waals surface area contributed by atoms with Gasteiger partial charge in [0.1, 0.15) is 11.5 Å². The van der Waals surface area contributed by atoms with Crippen LogP contribution >= 0.6 is 0 Å². The van der Waals surface area contributed by atoms with Crippen molar-refractivity contribution in [3.8, 4) is 11.5 Å². The van der Waals surface area contributed by atoms with Gasteiger partial charge in [-0.05, 0) is 44.8 Å². The van der Waals surface area contributed by atoms with Crippen LogP contribution in [0.4, 0.5) is 0 Å². The molecule has 154 valence electrons. The van der Waals surface area contributed by atoms with E-state index >= 15 is 0 Å². The monoisotopic (exact) mass is 389 g/mol. The highest BCUT2D eigenvalue weighted by atomic mass is 16.5. The number of amides is 1. The minimum Gasteiger partial charge on any atom is -0.497 e. The molecular formula is C21H31N3O4. The first-order valence-electron chi connectivity index (χ1n) is 9.83. The van der Waals surface area contributed by atoms with Crippen molar-refractivity contribution in [2.45, 2.75) is 25.7 Å². The van der Waals surface area contributed by atoms with E-state index in [1.807, 2.05) is 12.1 Å². The molecule has 7 heteroatoms. The van der Waals surface area contributed by atoms with E-state index in [-0.39, 0.29) is 5.91 Å². The van der Waals surface area contributed by atoms with E-state index < -0.39 is 5.41 Å². The second-order valence-electron chi connectivity index (χ2n) is 7.41. The maximum atomic E-state index is 12.8. The summed E-state index contributed by atoms with van der Waals surface area (Å²) in [6.07, 6.45) is 3.34. The molecule has 1 amide bonds. The molecule has 0 atom stereocenters. The minimum atomic E-state index is -0.398. The van der Waals surface area contributed by atoms with Crippen molar-refractivity contribution in [1.29, 1.82) is 0 Å². The summed E-state index contributed by atoms with van der Waals surface area (Å²) < 4.78 is 16.1. The Bertz CT molecular complexity index is 791. The van der Waals surface area contributed by atoms with Crippen LogP contribution in [0.2, 0.25) is 0 Å². The molecule has 3 N–H and O–H groups in total. The van der Waals surface area contributed by atoms with Gasteiger partial charge in [-0.1, -0.05) is 0 Å². The van der Waals surface area contributed by atoms with Crippen molar-refractivity contribution in [3.05, 3.63) is 23.9 Å². The molecule has 7 nitrogen and oxygen atoms in total. The number of hydrogen-bond donors (Lipinski definition) is 3. The van der Waals surface area contributed by atoms with Crippen LogP contribution in [0.3, 0.4) is 0 Å². The number of methoxy groups -OCH3 is 3. The largest absolute Gasteiger partial charge is 0.497 e. The Morgan fingerprint density at radius 1 is 1.14 bits per heavy atom. The Labute approximate surface area is 166 Å². The van der Waals surface area contributed by atoms with Crippen LogP contribution < -0.4 is 20.1 Å². The molecule has 28 heavy (non-hydrogen) atoms. The minimum absolute atomic E-state index is 0.110. The van der Waals surface area contributed by atoms with Crippen LogP contribution in [0, 0.1) is 5.41 Å². The predicted octanol–water partition coefficient (Wildman–Crippen LogP) is 2.25. The van der Waals surface area contributed by atoms with Crippen molar-refractivity contribution in [2.24, 2.45) is 5.41 Å². The van der Waals surface area contributed by atoms with Gasteiger partial charge in [0.15, 0.2) is 0 Å². The fourth-order valence-electron chi connectivity index (χ4n) is 3.95. The molecule has 0 bridgehead atoms. The van der Waals surface area contributed by atoms with E-state index in [1.165, 1.54) is 0 Å². The predicted molar refractivity (Wildman–Crippen MR) is 109 cm³/mol. The Hall–Kier alpha value is -2.25. The molecule has 0 saturated carbocycles. The van der Waals surface area contributed by atoms with E-state index in [1.54, 1.807) is 21.3 Å². The van der Waals surface area contributed by atoms with Crippen LogP contribution in [0.5, 0.6) is 11.5 Å². The van der Waals surface area contributed by atoms with Gasteiger partial charge < -0.3 is 29.8 Å². The van der Waals surface area contributed by atoms with Crippen molar-refractivity contribution < 1.29 is 19.0 Å². The van der Waals surface area contributed by atoms with Crippen LogP contribution in [0.1, 0.15) is 25.0 Å². The lowest BCUT2D eigenvalue weighted by Gasteiger charge is -2.35. The number of piperidine rings is 1. The number of ether oxygens (including phenoxy) is 3. The van der Waals surface area contributed by atoms with Gasteiger partial charge in [-0.25, -0.2) is 0 Å². The average Bonchev–Trinajstić information content (AvgIpc) is 3.14.